The molecule has 0 atom stereocenters. The SMILES string of the molecule is O=C(CNC(=O)c1cccc(F)c1)NC(CO)CO. The molecule has 0 saturated carbocycles. The quantitative estimate of drug-likeness (QED) is 0.534. The summed E-state index contributed by atoms with van der Waals surface area (Å²) in [4.78, 5) is 22.9. The Morgan fingerprint density at radius 3 is 2.53 bits per heavy atom. The van der Waals surface area contributed by atoms with Crippen molar-refractivity contribution < 1.29 is 24.2 Å². The molecular formula is C12H15FN2O4. The van der Waals surface area contributed by atoms with E-state index in [1.807, 2.05) is 0 Å². The average Bonchev–Trinajstić information content (AvgIpc) is 2.42. The van der Waals surface area contributed by atoms with Gasteiger partial charge in [-0.2, -0.15) is 0 Å². The van der Waals surface area contributed by atoms with Crippen LogP contribution in [-0.4, -0.2) is 47.8 Å². The first-order valence-corrected chi connectivity index (χ1v) is 5.61. The van der Waals surface area contributed by atoms with Crippen molar-refractivity contribution in [1.29, 1.82) is 0 Å². The molecule has 19 heavy (non-hydrogen) atoms. The molecule has 0 heterocycles. The molecule has 1 aromatic carbocycles. The van der Waals surface area contributed by atoms with E-state index < -0.39 is 36.9 Å². The van der Waals surface area contributed by atoms with Crippen molar-refractivity contribution in [3.05, 3.63) is 35.6 Å². The van der Waals surface area contributed by atoms with E-state index in [1.54, 1.807) is 0 Å². The lowest BCUT2D eigenvalue weighted by Crippen LogP contribution is -2.45. The molecule has 0 radical (unpaired) electrons. The summed E-state index contributed by atoms with van der Waals surface area (Å²) in [6.07, 6.45) is 0. The van der Waals surface area contributed by atoms with Gasteiger partial charge in [-0.15, -0.1) is 0 Å². The normalized spacial score (nSPS) is 10.3. The number of aliphatic hydroxyl groups excluding tert-OH is 2. The zero-order chi connectivity index (χ0) is 14.3. The van der Waals surface area contributed by atoms with E-state index in [9.17, 15) is 14.0 Å². The Balaban J connectivity index is 2.44. The highest BCUT2D eigenvalue weighted by Gasteiger charge is 2.12. The molecule has 7 heteroatoms. The molecule has 0 aliphatic carbocycles. The number of carbonyl (C=O) groups excluding carboxylic acids is 2. The molecule has 1 rings (SSSR count). The van der Waals surface area contributed by atoms with E-state index in [0.29, 0.717) is 0 Å². The number of nitrogens with one attached hydrogen (secondary N) is 2. The van der Waals surface area contributed by atoms with E-state index in [2.05, 4.69) is 10.6 Å². The van der Waals surface area contributed by atoms with Crippen molar-refractivity contribution in [1.82, 2.24) is 10.6 Å². The van der Waals surface area contributed by atoms with Gasteiger partial charge in [0.05, 0.1) is 25.8 Å². The Hall–Kier alpha value is -1.99. The molecule has 0 aromatic heterocycles. The number of aliphatic hydroxyl groups is 2. The number of carbonyl (C=O) groups is 2. The summed E-state index contributed by atoms with van der Waals surface area (Å²) < 4.78 is 12.9. The van der Waals surface area contributed by atoms with Crippen LogP contribution >= 0.6 is 0 Å². The molecule has 0 aliphatic heterocycles. The summed E-state index contributed by atoms with van der Waals surface area (Å²) in [6.45, 7) is -1.13. The van der Waals surface area contributed by atoms with Crippen LogP contribution < -0.4 is 10.6 Å². The standard InChI is InChI=1S/C12H15FN2O4/c13-9-3-1-2-8(4-9)12(19)14-5-11(18)15-10(6-16)7-17/h1-4,10,16-17H,5-7H2,(H,14,19)(H,15,18). The molecule has 4 N–H and O–H groups in total. The zero-order valence-electron chi connectivity index (χ0n) is 10.1. The molecule has 0 fully saturated rings. The Labute approximate surface area is 109 Å². The maximum Gasteiger partial charge on any atom is 0.251 e. The second-order valence-electron chi connectivity index (χ2n) is 3.82. The molecule has 2 amide bonds. The van der Waals surface area contributed by atoms with Gasteiger partial charge in [0, 0.05) is 5.56 Å². The van der Waals surface area contributed by atoms with Crippen molar-refractivity contribution >= 4 is 11.8 Å². The van der Waals surface area contributed by atoms with Crippen LogP contribution in [0.3, 0.4) is 0 Å². The molecule has 0 saturated heterocycles. The highest BCUT2D eigenvalue weighted by atomic mass is 19.1. The van der Waals surface area contributed by atoms with Gasteiger partial charge in [-0.3, -0.25) is 9.59 Å². The van der Waals surface area contributed by atoms with E-state index in [1.165, 1.54) is 18.2 Å². The summed E-state index contributed by atoms with van der Waals surface area (Å²) in [5.74, 6) is -1.69. The molecule has 104 valence electrons. The Morgan fingerprint density at radius 1 is 1.26 bits per heavy atom. The summed E-state index contributed by atoms with van der Waals surface area (Å²) >= 11 is 0. The van der Waals surface area contributed by atoms with Crippen LogP contribution in [0.5, 0.6) is 0 Å². The summed E-state index contributed by atoms with van der Waals surface area (Å²) in [5, 5.41) is 22.1. The van der Waals surface area contributed by atoms with Crippen LogP contribution in [0, 0.1) is 5.82 Å². The zero-order valence-corrected chi connectivity index (χ0v) is 10.1. The lowest BCUT2D eigenvalue weighted by atomic mass is 10.2. The average molecular weight is 270 g/mol. The lowest BCUT2D eigenvalue weighted by molar-refractivity contribution is -0.121. The maximum absolute atomic E-state index is 12.9. The van der Waals surface area contributed by atoms with Crippen molar-refractivity contribution in [3.63, 3.8) is 0 Å². The lowest BCUT2D eigenvalue weighted by Gasteiger charge is -2.13. The minimum atomic E-state index is -0.765. The topological polar surface area (TPSA) is 98.7 Å². The van der Waals surface area contributed by atoms with Crippen molar-refractivity contribution in [2.24, 2.45) is 0 Å². The Bertz CT molecular complexity index is 449. The van der Waals surface area contributed by atoms with E-state index in [-0.39, 0.29) is 12.1 Å². The van der Waals surface area contributed by atoms with Gasteiger partial charge in [0.25, 0.3) is 5.91 Å². The molecule has 6 nitrogen and oxygen atoms in total. The molecule has 0 bridgehead atoms. The highest BCUT2D eigenvalue weighted by Crippen LogP contribution is 2.02. The molecule has 1 aromatic rings. The van der Waals surface area contributed by atoms with Crippen LogP contribution in [-0.2, 0) is 4.79 Å². The Morgan fingerprint density at radius 2 is 1.95 bits per heavy atom. The summed E-state index contributed by atoms with van der Waals surface area (Å²) in [7, 11) is 0. The second kappa shape index (κ2) is 7.45. The summed E-state index contributed by atoms with van der Waals surface area (Å²) in [6, 6.07) is 4.30. The van der Waals surface area contributed by atoms with E-state index in [4.69, 9.17) is 10.2 Å². The van der Waals surface area contributed by atoms with Crippen LogP contribution in [0.15, 0.2) is 24.3 Å². The minimum Gasteiger partial charge on any atom is -0.394 e. The van der Waals surface area contributed by atoms with E-state index >= 15 is 0 Å². The van der Waals surface area contributed by atoms with Crippen molar-refractivity contribution in [2.75, 3.05) is 19.8 Å². The third-order valence-corrected chi connectivity index (χ3v) is 2.30. The first-order chi connectivity index (χ1) is 9.06. The third kappa shape index (κ3) is 5.02. The number of benzene rings is 1. The second-order valence-corrected chi connectivity index (χ2v) is 3.82. The third-order valence-electron chi connectivity index (χ3n) is 2.30. The summed E-state index contributed by atoms with van der Waals surface area (Å²) in [5.41, 5.74) is 0.105. The van der Waals surface area contributed by atoms with Gasteiger partial charge in [-0.1, -0.05) is 6.07 Å². The smallest absolute Gasteiger partial charge is 0.251 e. The largest absolute Gasteiger partial charge is 0.394 e. The van der Waals surface area contributed by atoms with Crippen LogP contribution in [0.2, 0.25) is 0 Å². The van der Waals surface area contributed by atoms with Crippen LogP contribution in [0.4, 0.5) is 4.39 Å². The Kier molecular flexibility index (Phi) is 5.91. The fourth-order valence-corrected chi connectivity index (χ4v) is 1.32. The van der Waals surface area contributed by atoms with Gasteiger partial charge < -0.3 is 20.8 Å². The first-order valence-electron chi connectivity index (χ1n) is 5.61. The predicted octanol–water partition coefficient (Wildman–Crippen LogP) is -0.975. The van der Waals surface area contributed by atoms with Crippen molar-refractivity contribution in [2.45, 2.75) is 6.04 Å². The maximum atomic E-state index is 12.9. The van der Waals surface area contributed by atoms with E-state index in [0.717, 1.165) is 6.07 Å². The van der Waals surface area contributed by atoms with Crippen LogP contribution in [0.25, 0.3) is 0 Å². The first kappa shape index (κ1) is 15.1. The number of hydrogen-bond donors (Lipinski definition) is 4. The fraction of sp³-hybridized carbons (Fsp3) is 0.333. The monoisotopic (exact) mass is 270 g/mol. The van der Waals surface area contributed by atoms with Gasteiger partial charge in [0.15, 0.2) is 0 Å². The highest BCUT2D eigenvalue weighted by molar-refractivity contribution is 5.96. The molecular weight excluding hydrogens is 255 g/mol. The van der Waals surface area contributed by atoms with Gasteiger partial charge in [-0.05, 0) is 18.2 Å². The molecule has 0 unspecified atom stereocenters. The minimum absolute atomic E-state index is 0.105. The van der Waals surface area contributed by atoms with Gasteiger partial charge >= 0.3 is 0 Å². The number of rotatable bonds is 6. The van der Waals surface area contributed by atoms with Crippen molar-refractivity contribution in [3.8, 4) is 0 Å². The predicted molar refractivity (Wildman–Crippen MR) is 64.8 cm³/mol. The number of halogens is 1. The van der Waals surface area contributed by atoms with Gasteiger partial charge in [-0.25, -0.2) is 4.39 Å². The van der Waals surface area contributed by atoms with Gasteiger partial charge in [0.1, 0.15) is 5.82 Å². The molecule has 0 aliphatic rings. The molecule has 0 spiro atoms. The number of hydrogen-bond acceptors (Lipinski definition) is 4. The van der Waals surface area contributed by atoms with Crippen LogP contribution in [0.1, 0.15) is 10.4 Å². The fourth-order valence-electron chi connectivity index (χ4n) is 1.32. The van der Waals surface area contributed by atoms with Gasteiger partial charge in [0.2, 0.25) is 5.91 Å². The number of amides is 2.